The fourth-order valence-corrected chi connectivity index (χ4v) is 4.52. The molecule has 0 saturated heterocycles. The van der Waals surface area contributed by atoms with E-state index in [9.17, 15) is 4.79 Å². The largest absolute Gasteiger partial charge is 0.542 e. The van der Waals surface area contributed by atoms with Crippen LogP contribution in [0, 0.1) is 0 Å². The van der Waals surface area contributed by atoms with E-state index in [4.69, 9.17) is 18.0 Å². The fraction of sp³-hybridized carbons (Fsp3) is 0.550. The molecule has 0 aromatic heterocycles. The molecule has 1 rings (SSSR count). The van der Waals surface area contributed by atoms with Gasteiger partial charge in [0.15, 0.2) is 11.5 Å². The first-order valence-electron chi connectivity index (χ1n) is 9.69. The molecule has 0 N–H and O–H groups in total. The summed E-state index contributed by atoms with van der Waals surface area (Å²) in [6, 6.07) is 5.69. The molecule has 0 radical (unpaired) electrons. The predicted molar refractivity (Wildman–Crippen MR) is 123 cm³/mol. The van der Waals surface area contributed by atoms with Crippen LogP contribution < -0.4 is 9.16 Å². The first-order chi connectivity index (χ1) is 12.6. The van der Waals surface area contributed by atoms with Crippen LogP contribution >= 0.6 is 0 Å². The zero-order valence-corrected chi connectivity index (χ0v) is 22.1. The first-order valence-corrected chi connectivity index (χ1v) is 19.9. The number of carbonyl (C=O) groups excluding carboxylic acids is 1. The van der Waals surface area contributed by atoms with Crippen LogP contribution in [0.5, 0.6) is 11.5 Å². The van der Waals surface area contributed by atoms with Crippen LogP contribution in [0.15, 0.2) is 24.0 Å². The molecule has 0 aliphatic carbocycles. The van der Waals surface area contributed by atoms with Crippen molar-refractivity contribution in [3.63, 3.8) is 0 Å². The highest BCUT2D eigenvalue weighted by Crippen LogP contribution is 2.32. The summed E-state index contributed by atoms with van der Waals surface area (Å²) in [5.74, 6) is 1.25. The maximum atomic E-state index is 12.7. The molecule has 1 aromatic rings. The number of carbonyl (C=O) groups is 1. The molecule has 1 aromatic carbocycles. The van der Waals surface area contributed by atoms with Gasteiger partial charge in [-0.1, -0.05) is 6.07 Å². The molecule has 5 nitrogen and oxygen atoms in total. The second kappa shape index (κ2) is 9.32. The van der Waals surface area contributed by atoms with E-state index in [0.717, 1.165) is 11.3 Å². The molecule has 0 heterocycles. The average molecular weight is 441 g/mol. The normalized spacial score (nSPS) is 13.1. The average Bonchev–Trinajstić information content (AvgIpc) is 2.45. The molecule has 0 atom stereocenters. The lowest BCUT2D eigenvalue weighted by atomic mass is 10.2. The second-order valence-electron chi connectivity index (χ2n) is 9.58. The van der Waals surface area contributed by atoms with Gasteiger partial charge in [0.1, 0.15) is 5.75 Å². The Morgan fingerprint density at radius 2 is 1.43 bits per heavy atom. The monoisotopic (exact) mass is 440 g/mol. The lowest BCUT2D eigenvalue weighted by Gasteiger charge is -2.24. The Balaban J connectivity index is 3.31. The van der Waals surface area contributed by atoms with E-state index in [-0.39, 0.29) is 5.76 Å². The predicted octanol–water partition coefficient (Wildman–Crippen LogP) is 5.87. The zero-order valence-electron chi connectivity index (χ0n) is 19.1. The van der Waals surface area contributed by atoms with Crippen LogP contribution in [0.1, 0.15) is 12.5 Å². The summed E-state index contributed by atoms with van der Waals surface area (Å²) < 4.78 is 23.6. The minimum absolute atomic E-state index is 0.253. The van der Waals surface area contributed by atoms with Crippen LogP contribution in [-0.2, 0) is 13.6 Å². The van der Waals surface area contributed by atoms with Crippen molar-refractivity contribution in [1.82, 2.24) is 0 Å². The minimum atomic E-state index is -2.03. The Labute approximate surface area is 173 Å². The summed E-state index contributed by atoms with van der Waals surface area (Å²) in [5, 5.41) is 0. The second-order valence-corrected chi connectivity index (χ2v) is 22.9. The van der Waals surface area contributed by atoms with Crippen LogP contribution in [0.25, 0.3) is 6.08 Å². The molecule has 0 fully saturated rings. The molecule has 0 aliphatic rings. The van der Waals surface area contributed by atoms with Crippen molar-refractivity contribution in [3.05, 3.63) is 29.5 Å². The van der Waals surface area contributed by atoms with Crippen molar-refractivity contribution in [3.8, 4) is 11.5 Å². The van der Waals surface area contributed by atoms with Gasteiger partial charge in [-0.25, -0.2) is 4.79 Å². The van der Waals surface area contributed by atoms with E-state index in [2.05, 4.69) is 19.6 Å². The molecular weight excluding hydrogens is 404 g/mol. The third kappa shape index (κ3) is 9.61. The molecule has 8 heteroatoms. The highest BCUT2D eigenvalue weighted by Gasteiger charge is 2.27. The summed E-state index contributed by atoms with van der Waals surface area (Å²) in [4.78, 5) is 12.7. The van der Waals surface area contributed by atoms with E-state index in [0.29, 0.717) is 12.4 Å². The zero-order chi connectivity index (χ0) is 21.8. The van der Waals surface area contributed by atoms with Crippen molar-refractivity contribution in [2.45, 2.75) is 65.8 Å². The van der Waals surface area contributed by atoms with Gasteiger partial charge in [-0.15, -0.1) is 0 Å². The molecule has 158 valence electrons. The van der Waals surface area contributed by atoms with Crippen LogP contribution in [0.3, 0.4) is 0 Å². The van der Waals surface area contributed by atoms with Gasteiger partial charge < -0.3 is 18.0 Å². The van der Waals surface area contributed by atoms with E-state index in [1.165, 1.54) is 0 Å². The standard InChI is InChI=1S/C20H36O5Si3/c1-11-22-18-14-16(12-13-17(18)23-26(2,3)4)15-19(24-27(5,6)7)20(21)25-28(8,9)10/h12-15H,11H2,1-10H3/b19-15+. The van der Waals surface area contributed by atoms with Gasteiger partial charge in [0.2, 0.25) is 25.0 Å². The SMILES string of the molecule is CCOc1cc(/C=C(/O[Si](C)(C)C)C(=O)O[Si](C)(C)C)ccc1O[Si](C)(C)C. The number of hydrogen-bond acceptors (Lipinski definition) is 5. The highest BCUT2D eigenvalue weighted by molar-refractivity contribution is 6.72. The maximum absolute atomic E-state index is 12.7. The molecular formula is C20H36O5Si3. The molecule has 0 spiro atoms. The van der Waals surface area contributed by atoms with E-state index >= 15 is 0 Å². The van der Waals surface area contributed by atoms with Crippen LogP contribution in [0.4, 0.5) is 0 Å². The highest BCUT2D eigenvalue weighted by atomic mass is 28.4. The third-order valence-electron chi connectivity index (χ3n) is 3.00. The van der Waals surface area contributed by atoms with Crippen LogP contribution in [-0.4, -0.2) is 37.5 Å². The summed E-state index contributed by atoms with van der Waals surface area (Å²) in [7, 11) is -5.79. The molecule has 0 amide bonds. The molecule has 28 heavy (non-hydrogen) atoms. The van der Waals surface area contributed by atoms with Gasteiger partial charge in [0.25, 0.3) is 0 Å². The molecule has 0 unspecified atom stereocenters. The van der Waals surface area contributed by atoms with Gasteiger partial charge in [-0.05, 0) is 89.6 Å². The topological polar surface area (TPSA) is 54.0 Å². The Morgan fingerprint density at radius 1 is 0.857 bits per heavy atom. The van der Waals surface area contributed by atoms with Gasteiger partial charge in [0, 0.05) is 0 Å². The van der Waals surface area contributed by atoms with Crippen molar-refractivity contribution in [2.75, 3.05) is 6.61 Å². The summed E-state index contributed by atoms with van der Waals surface area (Å²) in [6.45, 7) is 20.9. The quantitative estimate of drug-likeness (QED) is 0.273. The number of hydrogen-bond donors (Lipinski definition) is 0. The lowest BCUT2D eigenvalue weighted by Crippen LogP contribution is -2.33. The number of benzene rings is 1. The van der Waals surface area contributed by atoms with Gasteiger partial charge >= 0.3 is 5.97 Å². The molecule has 0 aliphatic heterocycles. The Bertz CT molecular complexity index is 710. The van der Waals surface area contributed by atoms with E-state index in [1.54, 1.807) is 6.08 Å². The van der Waals surface area contributed by atoms with Gasteiger partial charge in [-0.3, -0.25) is 0 Å². The first kappa shape index (κ1) is 24.5. The number of rotatable bonds is 9. The van der Waals surface area contributed by atoms with Crippen molar-refractivity contribution >= 4 is 37.0 Å². The summed E-state index contributed by atoms with van der Waals surface area (Å²) in [5.41, 5.74) is 0.812. The van der Waals surface area contributed by atoms with Crippen molar-refractivity contribution in [2.24, 2.45) is 0 Å². The van der Waals surface area contributed by atoms with Crippen molar-refractivity contribution in [1.29, 1.82) is 0 Å². The number of ether oxygens (including phenoxy) is 1. The third-order valence-corrected chi connectivity index (χ3v) is 5.46. The summed E-state index contributed by atoms with van der Waals surface area (Å²) >= 11 is 0. The minimum Gasteiger partial charge on any atom is -0.542 e. The van der Waals surface area contributed by atoms with Gasteiger partial charge in [-0.2, -0.15) is 0 Å². The van der Waals surface area contributed by atoms with Crippen LogP contribution in [0.2, 0.25) is 58.9 Å². The van der Waals surface area contributed by atoms with E-state index < -0.39 is 30.9 Å². The molecule has 0 saturated carbocycles. The smallest absolute Gasteiger partial charge is 0.358 e. The Morgan fingerprint density at radius 3 is 1.89 bits per heavy atom. The van der Waals surface area contributed by atoms with E-state index in [1.807, 2.05) is 64.4 Å². The maximum Gasteiger partial charge on any atom is 0.358 e. The lowest BCUT2D eigenvalue weighted by molar-refractivity contribution is -0.133. The fourth-order valence-electron chi connectivity index (χ4n) is 2.24. The summed E-state index contributed by atoms with van der Waals surface area (Å²) in [6.07, 6.45) is 1.74. The molecule has 0 bridgehead atoms. The van der Waals surface area contributed by atoms with Gasteiger partial charge in [0.05, 0.1) is 6.61 Å². The Kier molecular flexibility index (Phi) is 8.16. The van der Waals surface area contributed by atoms with Crippen molar-refractivity contribution < 1.29 is 22.8 Å². The Hall–Kier alpha value is -1.52.